The highest BCUT2D eigenvalue weighted by Crippen LogP contribution is 2.46. The number of hydrogen-bond donors (Lipinski definition) is 2. The minimum Gasteiger partial charge on any atom is -0.381 e. The average molecular weight is 558 g/mol. The van der Waals surface area contributed by atoms with E-state index in [0.717, 1.165) is 41.5 Å². The van der Waals surface area contributed by atoms with Crippen molar-refractivity contribution in [3.05, 3.63) is 57.2 Å². The van der Waals surface area contributed by atoms with Crippen LogP contribution in [0.25, 0.3) is 10.9 Å². The Morgan fingerprint density at radius 2 is 1.95 bits per heavy atom. The van der Waals surface area contributed by atoms with Gasteiger partial charge in [0.05, 0.1) is 31.0 Å². The molecule has 200 valence electrons. The first kappa shape index (κ1) is 26.5. The van der Waals surface area contributed by atoms with Crippen molar-refractivity contribution in [1.29, 1.82) is 0 Å². The largest absolute Gasteiger partial charge is 0.401 e. The van der Waals surface area contributed by atoms with Gasteiger partial charge in [0.15, 0.2) is 0 Å². The first-order valence-corrected chi connectivity index (χ1v) is 13.2. The minimum absolute atomic E-state index is 0.157. The van der Waals surface area contributed by atoms with Gasteiger partial charge in [-0.1, -0.05) is 29.3 Å². The van der Waals surface area contributed by atoms with Gasteiger partial charge in [-0.2, -0.15) is 18.3 Å². The first-order chi connectivity index (χ1) is 17.6. The molecule has 0 aliphatic carbocycles. The maximum atomic E-state index is 13.7. The molecule has 1 saturated heterocycles. The number of likely N-dealkylation sites (tertiary alicyclic amines) is 1. The molecule has 5 nitrogen and oxygen atoms in total. The Balaban J connectivity index is 1.50. The number of benzene rings is 2. The maximum absolute atomic E-state index is 13.7. The van der Waals surface area contributed by atoms with Crippen LogP contribution in [0.3, 0.4) is 0 Å². The standard InChI is InChI=1S/C26H29Cl2F4N5/c1-15-9-19-18(3-4-23-20(19)12-33-35-23)25(37(15)14-26(30,31)32)24-21(27)10-17(11-22(24)28)34-16-5-8-36(13-16)7-2-6-29/h3-4,10-12,15-16,25,34H,2,5-9,13-14H2,1H3,(H,33,35)/t15-,16-,25+/m1/s1. The second kappa shape index (κ2) is 10.6. The van der Waals surface area contributed by atoms with Crippen molar-refractivity contribution < 1.29 is 17.6 Å². The third-order valence-corrected chi connectivity index (χ3v) is 8.05. The highest BCUT2D eigenvalue weighted by molar-refractivity contribution is 6.36. The molecule has 0 saturated carbocycles. The zero-order valence-electron chi connectivity index (χ0n) is 20.4. The molecule has 11 heteroatoms. The summed E-state index contributed by atoms with van der Waals surface area (Å²) in [7, 11) is 0. The van der Waals surface area contributed by atoms with Crippen molar-refractivity contribution in [3.63, 3.8) is 0 Å². The predicted octanol–water partition coefficient (Wildman–Crippen LogP) is 6.61. The van der Waals surface area contributed by atoms with Gasteiger partial charge in [0.1, 0.15) is 0 Å². The molecule has 0 spiro atoms. The highest BCUT2D eigenvalue weighted by Gasteiger charge is 2.42. The van der Waals surface area contributed by atoms with E-state index in [-0.39, 0.29) is 12.7 Å². The van der Waals surface area contributed by atoms with Crippen LogP contribution in [-0.4, -0.2) is 71.1 Å². The lowest BCUT2D eigenvalue weighted by atomic mass is 9.83. The molecule has 5 rings (SSSR count). The number of nitrogens with zero attached hydrogens (tertiary/aromatic N) is 3. The molecule has 3 heterocycles. The summed E-state index contributed by atoms with van der Waals surface area (Å²) in [5.41, 5.74) is 3.72. The van der Waals surface area contributed by atoms with Crippen molar-refractivity contribution in [2.24, 2.45) is 0 Å². The first-order valence-electron chi connectivity index (χ1n) is 12.5. The predicted molar refractivity (Wildman–Crippen MR) is 139 cm³/mol. The minimum atomic E-state index is -4.39. The summed E-state index contributed by atoms with van der Waals surface area (Å²) in [5, 5.41) is 12.0. The van der Waals surface area contributed by atoms with Crippen LogP contribution in [0.2, 0.25) is 10.0 Å². The van der Waals surface area contributed by atoms with Gasteiger partial charge < -0.3 is 10.2 Å². The number of rotatable bonds is 7. The van der Waals surface area contributed by atoms with Gasteiger partial charge in [0.25, 0.3) is 0 Å². The smallest absolute Gasteiger partial charge is 0.381 e. The molecule has 1 aromatic heterocycles. The summed E-state index contributed by atoms with van der Waals surface area (Å²) in [6.45, 7) is 2.76. The molecule has 3 atom stereocenters. The second-order valence-electron chi connectivity index (χ2n) is 10.0. The van der Waals surface area contributed by atoms with Gasteiger partial charge in [-0.15, -0.1) is 0 Å². The van der Waals surface area contributed by atoms with E-state index >= 15 is 0 Å². The number of alkyl halides is 4. The third kappa shape index (κ3) is 5.55. The molecule has 0 unspecified atom stereocenters. The molecule has 1 fully saturated rings. The summed E-state index contributed by atoms with van der Waals surface area (Å²) in [6, 6.07) is 6.16. The Labute approximate surface area is 223 Å². The normalized spacial score (nSPS) is 23.1. The van der Waals surface area contributed by atoms with E-state index in [1.165, 1.54) is 4.90 Å². The fraction of sp³-hybridized carbons (Fsp3) is 0.500. The lowest BCUT2D eigenvalue weighted by Crippen LogP contribution is -2.47. The van der Waals surface area contributed by atoms with Crippen molar-refractivity contribution >= 4 is 39.8 Å². The molecule has 2 aliphatic rings. The quantitative estimate of drug-likeness (QED) is 0.321. The van der Waals surface area contributed by atoms with Crippen LogP contribution in [0.5, 0.6) is 0 Å². The second-order valence-corrected chi connectivity index (χ2v) is 10.8. The van der Waals surface area contributed by atoms with Gasteiger partial charge in [-0.05, 0) is 55.5 Å². The molecule has 3 aromatic rings. The van der Waals surface area contributed by atoms with Crippen LogP contribution < -0.4 is 5.32 Å². The van der Waals surface area contributed by atoms with Gasteiger partial charge in [0, 0.05) is 58.4 Å². The van der Waals surface area contributed by atoms with Crippen molar-refractivity contribution in [3.8, 4) is 0 Å². The van der Waals surface area contributed by atoms with Crippen molar-refractivity contribution in [2.75, 3.05) is 38.2 Å². The fourth-order valence-corrected chi connectivity index (χ4v) is 6.49. The third-order valence-electron chi connectivity index (χ3n) is 7.43. The van der Waals surface area contributed by atoms with Crippen LogP contribution in [-0.2, 0) is 6.42 Å². The lowest BCUT2D eigenvalue weighted by Gasteiger charge is -2.43. The van der Waals surface area contributed by atoms with Crippen LogP contribution in [0.1, 0.15) is 42.5 Å². The Morgan fingerprint density at radius 1 is 1.19 bits per heavy atom. The zero-order chi connectivity index (χ0) is 26.3. The molecule has 37 heavy (non-hydrogen) atoms. The molecular weight excluding hydrogens is 529 g/mol. The topological polar surface area (TPSA) is 47.2 Å². The van der Waals surface area contributed by atoms with Gasteiger partial charge in [0.2, 0.25) is 0 Å². The summed E-state index contributed by atoms with van der Waals surface area (Å²) in [5.74, 6) is 0. The number of halogens is 6. The monoisotopic (exact) mass is 557 g/mol. The van der Waals surface area contributed by atoms with Gasteiger partial charge >= 0.3 is 6.18 Å². The number of aromatic nitrogens is 2. The van der Waals surface area contributed by atoms with Crippen molar-refractivity contribution in [2.45, 2.75) is 50.5 Å². The Hall–Kier alpha value is -2.07. The van der Waals surface area contributed by atoms with Crippen LogP contribution in [0.15, 0.2) is 30.5 Å². The van der Waals surface area contributed by atoms with E-state index in [0.29, 0.717) is 40.7 Å². The van der Waals surface area contributed by atoms with E-state index in [4.69, 9.17) is 23.2 Å². The Morgan fingerprint density at radius 3 is 2.65 bits per heavy atom. The van der Waals surface area contributed by atoms with Crippen molar-refractivity contribution in [1.82, 2.24) is 20.0 Å². The number of nitrogens with one attached hydrogen (secondary N) is 2. The molecule has 2 N–H and O–H groups in total. The summed E-state index contributed by atoms with van der Waals surface area (Å²) >= 11 is 13.6. The number of anilines is 1. The Kier molecular flexibility index (Phi) is 7.60. The van der Waals surface area contributed by atoms with E-state index in [9.17, 15) is 17.6 Å². The molecule has 0 radical (unpaired) electrons. The SMILES string of the molecule is C[C@@H]1Cc2c(ccc3[nH]ncc23)[C@@H](c2c(Cl)cc(N[C@@H]3CCN(CCCF)C3)cc2Cl)N1CC(F)(F)F. The number of hydrogen-bond acceptors (Lipinski definition) is 4. The molecule has 0 bridgehead atoms. The highest BCUT2D eigenvalue weighted by atomic mass is 35.5. The van der Waals surface area contributed by atoms with E-state index < -0.39 is 24.8 Å². The van der Waals surface area contributed by atoms with Crippen LogP contribution in [0.4, 0.5) is 23.2 Å². The van der Waals surface area contributed by atoms with E-state index in [1.54, 1.807) is 25.3 Å². The van der Waals surface area contributed by atoms with Gasteiger partial charge in [-0.25, -0.2) is 0 Å². The van der Waals surface area contributed by atoms with E-state index in [2.05, 4.69) is 20.4 Å². The molecular formula is C26H29Cl2F4N5. The lowest BCUT2D eigenvalue weighted by molar-refractivity contribution is -0.155. The molecule has 0 amide bonds. The van der Waals surface area contributed by atoms with Crippen LogP contribution >= 0.6 is 23.2 Å². The fourth-order valence-electron chi connectivity index (χ4n) is 5.80. The van der Waals surface area contributed by atoms with E-state index in [1.807, 2.05) is 12.1 Å². The molecule has 2 aromatic carbocycles. The van der Waals surface area contributed by atoms with Crippen LogP contribution in [0, 0.1) is 0 Å². The maximum Gasteiger partial charge on any atom is 0.401 e. The summed E-state index contributed by atoms with van der Waals surface area (Å²) in [6.07, 6.45) is -0.808. The zero-order valence-corrected chi connectivity index (χ0v) is 21.9. The summed E-state index contributed by atoms with van der Waals surface area (Å²) < 4.78 is 53.7. The number of H-pyrrole nitrogens is 1. The summed E-state index contributed by atoms with van der Waals surface area (Å²) in [4.78, 5) is 3.65. The Bertz CT molecular complexity index is 1240. The average Bonchev–Trinajstić information content (AvgIpc) is 3.48. The molecule has 2 aliphatic heterocycles. The number of fused-ring (bicyclic) bond motifs is 3. The van der Waals surface area contributed by atoms with Gasteiger partial charge in [-0.3, -0.25) is 14.4 Å². The number of aromatic amines is 1.